The summed E-state index contributed by atoms with van der Waals surface area (Å²) in [6.45, 7) is 6.05. The zero-order chi connectivity index (χ0) is 19.4. The van der Waals surface area contributed by atoms with Gasteiger partial charge in [0.05, 0.1) is 5.69 Å². The molecule has 1 N–H and O–H groups in total. The van der Waals surface area contributed by atoms with Crippen LogP contribution < -0.4 is 5.32 Å². The fraction of sp³-hybridized carbons (Fsp3) is 0.450. The molecule has 0 atom stereocenters. The van der Waals surface area contributed by atoms with E-state index in [9.17, 15) is 14.0 Å². The van der Waals surface area contributed by atoms with Crippen LogP contribution in [0.15, 0.2) is 24.3 Å². The van der Waals surface area contributed by atoms with Crippen LogP contribution in [0.2, 0.25) is 0 Å². The van der Waals surface area contributed by atoms with E-state index in [1.165, 1.54) is 12.1 Å². The molecule has 144 valence electrons. The van der Waals surface area contributed by atoms with E-state index in [-0.39, 0.29) is 24.2 Å². The van der Waals surface area contributed by atoms with Gasteiger partial charge in [0, 0.05) is 26.2 Å². The molecule has 0 saturated carbocycles. The molecule has 0 fully saturated rings. The summed E-state index contributed by atoms with van der Waals surface area (Å²) in [6.07, 6.45) is 2.68. The molecule has 0 spiro atoms. The maximum Gasteiger partial charge on any atom is 0.289 e. The van der Waals surface area contributed by atoms with Crippen molar-refractivity contribution in [2.45, 2.75) is 46.2 Å². The molecule has 2 amide bonds. The van der Waals surface area contributed by atoms with Gasteiger partial charge in [0.15, 0.2) is 5.82 Å². The number of hydrogen-bond acceptors (Lipinski definition) is 3. The first-order valence-corrected chi connectivity index (χ1v) is 9.46. The van der Waals surface area contributed by atoms with E-state index in [0.29, 0.717) is 31.2 Å². The number of nitrogens with one attached hydrogen (secondary N) is 1. The molecule has 0 aliphatic carbocycles. The molecule has 2 heterocycles. The van der Waals surface area contributed by atoms with E-state index < -0.39 is 0 Å². The van der Waals surface area contributed by atoms with Crippen LogP contribution in [0.4, 0.5) is 4.39 Å². The molecule has 0 unspecified atom stereocenters. The number of aromatic nitrogens is 2. The third-order valence-corrected chi connectivity index (χ3v) is 4.94. The summed E-state index contributed by atoms with van der Waals surface area (Å²) < 4.78 is 14.9. The second kappa shape index (κ2) is 8.33. The minimum Gasteiger partial charge on any atom is -0.347 e. The first-order valence-electron chi connectivity index (χ1n) is 9.46. The SMILES string of the molecule is CCN(CC)C(=O)c1nc(C(=O)NCc2ccc(F)cc2)c2n1CCCC2. The highest BCUT2D eigenvalue weighted by molar-refractivity contribution is 5.97. The zero-order valence-electron chi connectivity index (χ0n) is 15.8. The highest BCUT2D eigenvalue weighted by Gasteiger charge is 2.29. The third-order valence-electron chi connectivity index (χ3n) is 4.94. The van der Waals surface area contributed by atoms with Crippen molar-refractivity contribution in [3.05, 3.63) is 52.9 Å². The fourth-order valence-corrected chi connectivity index (χ4v) is 3.41. The molecule has 7 heteroatoms. The first-order chi connectivity index (χ1) is 13.0. The first kappa shape index (κ1) is 19.1. The molecule has 0 radical (unpaired) electrons. The number of hydrogen-bond donors (Lipinski definition) is 1. The van der Waals surface area contributed by atoms with Crippen LogP contribution in [-0.2, 0) is 19.5 Å². The quantitative estimate of drug-likeness (QED) is 0.848. The summed E-state index contributed by atoms with van der Waals surface area (Å²) in [7, 11) is 0. The summed E-state index contributed by atoms with van der Waals surface area (Å²) in [4.78, 5) is 31.7. The Kier molecular flexibility index (Phi) is 5.88. The van der Waals surface area contributed by atoms with Gasteiger partial charge in [0.1, 0.15) is 11.5 Å². The number of amides is 2. The predicted octanol–water partition coefficient (Wildman–Crippen LogP) is 2.77. The van der Waals surface area contributed by atoms with Crippen molar-refractivity contribution < 1.29 is 14.0 Å². The molecule has 27 heavy (non-hydrogen) atoms. The van der Waals surface area contributed by atoms with Crippen molar-refractivity contribution in [3.63, 3.8) is 0 Å². The van der Waals surface area contributed by atoms with Gasteiger partial charge in [-0.05, 0) is 50.8 Å². The van der Waals surface area contributed by atoms with Crippen LogP contribution in [-0.4, -0.2) is 39.4 Å². The van der Waals surface area contributed by atoms with E-state index in [0.717, 1.165) is 30.5 Å². The number of carbonyl (C=O) groups excluding carboxylic acids is 2. The maximum absolute atomic E-state index is 13.0. The van der Waals surface area contributed by atoms with Crippen LogP contribution >= 0.6 is 0 Å². The monoisotopic (exact) mass is 372 g/mol. The van der Waals surface area contributed by atoms with Gasteiger partial charge in [0.2, 0.25) is 0 Å². The summed E-state index contributed by atoms with van der Waals surface area (Å²) in [5, 5.41) is 2.83. The highest BCUT2D eigenvalue weighted by atomic mass is 19.1. The van der Waals surface area contributed by atoms with Gasteiger partial charge in [-0.1, -0.05) is 12.1 Å². The molecule has 6 nitrogen and oxygen atoms in total. The Balaban J connectivity index is 1.83. The lowest BCUT2D eigenvalue weighted by Crippen LogP contribution is -2.33. The predicted molar refractivity (Wildman–Crippen MR) is 100.0 cm³/mol. The van der Waals surface area contributed by atoms with E-state index >= 15 is 0 Å². The number of fused-ring (bicyclic) bond motifs is 1. The van der Waals surface area contributed by atoms with E-state index in [4.69, 9.17) is 0 Å². The number of halogens is 1. The van der Waals surface area contributed by atoms with Crippen LogP contribution in [0, 0.1) is 5.82 Å². The van der Waals surface area contributed by atoms with E-state index in [1.807, 2.05) is 18.4 Å². The average Bonchev–Trinajstić information content (AvgIpc) is 3.08. The molecule has 0 saturated heterocycles. The number of nitrogens with zero attached hydrogens (tertiary/aromatic N) is 3. The Bertz CT molecular complexity index is 825. The smallest absolute Gasteiger partial charge is 0.289 e. The summed E-state index contributed by atoms with van der Waals surface area (Å²) in [5.41, 5.74) is 1.96. The molecule has 1 aromatic carbocycles. The van der Waals surface area contributed by atoms with Crippen molar-refractivity contribution in [2.75, 3.05) is 13.1 Å². The lowest BCUT2D eigenvalue weighted by Gasteiger charge is -2.21. The van der Waals surface area contributed by atoms with Gasteiger partial charge in [0.25, 0.3) is 11.8 Å². The summed E-state index contributed by atoms with van der Waals surface area (Å²) >= 11 is 0. The second-order valence-corrected chi connectivity index (χ2v) is 6.63. The van der Waals surface area contributed by atoms with Crippen molar-refractivity contribution in [1.82, 2.24) is 19.8 Å². The molecule has 1 aliphatic rings. The fourth-order valence-electron chi connectivity index (χ4n) is 3.41. The lowest BCUT2D eigenvalue weighted by molar-refractivity contribution is 0.0754. The molecule has 3 rings (SSSR count). The number of carbonyl (C=O) groups is 2. The van der Waals surface area contributed by atoms with Crippen molar-refractivity contribution >= 4 is 11.8 Å². The number of benzene rings is 1. The van der Waals surface area contributed by atoms with Crippen molar-refractivity contribution in [3.8, 4) is 0 Å². The van der Waals surface area contributed by atoms with Crippen LogP contribution in [0.1, 0.15) is 59.1 Å². The van der Waals surface area contributed by atoms with E-state index in [2.05, 4.69) is 10.3 Å². The number of rotatable bonds is 6. The van der Waals surface area contributed by atoms with Gasteiger partial charge in [-0.15, -0.1) is 0 Å². The van der Waals surface area contributed by atoms with Crippen molar-refractivity contribution in [2.24, 2.45) is 0 Å². The molecule has 0 bridgehead atoms. The average molecular weight is 372 g/mol. The normalized spacial score (nSPS) is 13.1. The van der Waals surface area contributed by atoms with Gasteiger partial charge in [-0.25, -0.2) is 9.37 Å². The van der Waals surface area contributed by atoms with Crippen LogP contribution in [0.5, 0.6) is 0 Å². The van der Waals surface area contributed by atoms with Gasteiger partial charge < -0.3 is 14.8 Å². The molecule has 1 aromatic heterocycles. The standard InChI is InChI=1S/C20H25FN4O2/c1-3-24(4-2)20(27)18-23-17(16-7-5-6-12-25(16)18)19(26)22-13-14-8-10-15(21)11-9-14/h8-11H,3-7,12-13H2,1-2H3,(H,22,26). The molecule has 1 aliphatic heterocycles. The van der Waals surface area contributed by atoms with Gasteiger partial charge in [-0.3, -0.25) is 9.59 Å². The largest absolute Gasteiger partial charge is 0.347 e. The van der Waals surface area contributed by atoms with Gasteiger partial charge >= 0.3 is 0 Å². The molecular weight excluding hydrogens is 347 g/mol. The topological polar surface area (TPSA) is 67.2 Å². The Morgan fingerprint density at radius 1 is 1.19 bits per heavy atom. The third kappa shape index (κ3) is 4.02. The highest BCUT2D eigenvalue weighted by Crippen LogP contribution is 2.22. The summed E-state index contributed by atoms with van der Waals surface area (Å²) in [6, 6.07) is 5.99. The minimum atomic E-state index is -0.312. The molecular formula is C20H25FN4O2. The lowest BCUT2D eigenvalue weighted by atomic mass is 10.1. The maximum atomic E-state index is 13.0. The van der Waals surface area contributed by atoms with Crippen LogP contribution in [0.3, 0.4) is 0 Å². The van der Waals surface area contributed by atoms with Crippen molar-refractivity contribution in [1.29, 1.82) is 0 Å². The van der Waals surface area contributed by atoms with Gasteiger partial charge in [-0.2, -0.15) is 0 Å². The second-order valence-electron chi connectivity index (χ2n) is 6.63. The van der Waals surface area contributed by atoms with E-state index in [1.54, 1.807) is 17.0 Å². The van der Waals surface area contributed by atoms with Crippen LogP contribution in [0.25, 0.3) is 0 Å². The summed E-state index contributed by atoms with van der Waals surface area (Å²) in [5.74, 6) is -0.405. The Hall–Kier alpha value is -2.70. The Morgan fingerprint density at radius 2 is 1.89 bits per heavy atom. The minimum absolute atomic E-state index is 0.138. The number of imidazole rings is 1. The Morgan fingerprint density at radius 3 is 2.56 bits per heavy atom. The molecule has 2 aromatic rings. The Labute approximate surface area is 158 Å². The zero-order valence-corrected chi connectivity index (χ0v) is 15.8.